The minimum absolute atomic E-state index is 0.247. The maximum Gasteiger partial charge on any atom is 0.310 e. The Morgan fingerprint density at radius 1 is 1.00 bits per heavy atom. The summed E-state index contributed by atoms with van der Waals surface area (Å²) in [5, 5.41) is 0. The number of carbonyl (C=O) groups excluding carboxylic acids is 2. The molecular weight excluding hydrogens is 292 g/mol. The Labute approximate surface area is 138 Å². The van der Waals surface area contributed by atoms with Gasteiger partial charge in [0.1, 0.15) is 12.2 Å². The summed E-state index contributed by atoms with van der Waals surface area (Å²) >= 11 is 0. The van der Waals surface area contributed by atoms with Gasteiger partial charge in [0, 0.05) is 0 Å². The van der Waals surface area contributed by atoms with Crippen LogP contribution in [0.3, 0.4) is 0 Å². The van der Waals surface area contributed by atoms with Crippen molar-refractivity contribution >= 4 is 11.9 Å². The Kier molecular flexibility index (Phi) is 5.80. The minimum atomic E-state index is -0.535. The first kappa shape index (κ1) is 17.5. The van der Waals surface area contributed by atoms with Gasteiger partial charge in [0.2, 0.25) is 0 Å². The lowest BCUT2D eigenvalue weighted by molar-refractivity contribution is -0.170. The van der Waals surface area contributed by atoms with Crippen molar-refractivity contribution in [3.63, 3.8) is 0 Å². The Bertz CT molecular complexity index is 530. The smallest absolute Gasteiger partial charge is 0.310 e. The van der Waals surface area contributed by atoms with E-state index in [1.54, 1.807) is 0 Å². The zero-order valence-corrected chi connectivity index (χ0v) is 14.2. The second-order valence-electron chi connectivity index (χ2n) is 7.12. The molecule has 0 spiro atoms. The van der Waals surface area contributed by atoms with Crippen molar-refractivity contribution in [1.82, 2.24) is 0 Å². The van der Waals surface area contributed by atoms with Gasteiger partial charge >= 0.3 is 11.9 Å². The second-order valence-corrected chi connectivity index (χ2v) is 7.12. The molecule has 4 heteroatoms. The summed E-state index contributed by atoms with van der Waals surface area (Å²) in [5.41, 5.74) is 0.415. The lowest BCUT2D eigenvalue weighted by atomic mass is 9.79. The fourth-order valence-corrected chi connectivity index (χ4v) is 2.91. The maximum atomic E-state index is 12.4. The summed E-state index contributed by atoms with van der Waals surface area (Å²) in [6, 6.07) is 9.57. The van der Waals surface area contributed by atoms with Gasteiger partial charge in [-0.3, -0.25) is 9.59 Å². The lowest BCUT2D eigenvalue weighted by Gasteiger charge is -2.31. The highest BCUT2D eigenvalue weighted by Gasteiger charge is 2.39. The number of benzene rings is 1. The summed E-state index contributed by atoms with van der Waals surface area (Å²) in [4.78, 5) is 24.8. The second kappa shape index (κ2) is 7.62. The van der Waals surface area contributed by atoms with E-state index in [2.05, 4.69) is 0 Å². The fourth-order valence-electron chi connectivity index (χ4n) is 2.91. The van der Waals surface area contributed by atoms with Crippen LogP contribution in [0.1, 0.15) is 52.0 Å². The number of esters is 2. The van der Waals surface area contributed by atoms with Crippen LogP contribution in [0.25, 0.3) is 0 Å². The molecule has 0 radical (unpaired) electrons. The van der Waals surface area contributed by atoms with Crippen LogP contribution >= 0.6 is 0 Å². The van der Waals surface area contributed by atoms with Crippen molar-refractivity contribution in [2.24, 2.45) is 11.8 Å². The van der Waals surface area contributed by atoms with E-state index in [4.69, 9.17) is 9.47 Å². The van der Waals surface area contributed by atoms with Crippen LogP contribution in [0.2, 0.25) is 0 Å². The van der Waals surface area contributed by atoms with Gasteiger partial charge in [-0.05, 0) is 39.2 Å². The molecule has 1 fully saturated rings. The molecule has 0 bridgehead atoms. The molecule has 0 aromatic heterocycles. The number of hydrogen-bond acceptors (Lipinski definition) is 4. The highest BCUT2D eigenvalue weighted by molar-refractivity contribution is 5.82. The van der Waals surface area contributed by atoms with Crippen molar-refractivity contribution in [3.8, 4) is 0 Å². The zero-order chi connectivity index (χ0) is 16.9. The third kappa shape index (κ3) is 5.38. The average molecular weight is 318 g/mol. The van der Waals surface area contributed by atoms with Gasteiger partial charge in [0.05, 0.1) is 11.8 Å². The summed E-state index contributed by atoms with van der Waals surface area (Å²) in [6.07, 6.45) is 3.29. The highest BCUT2D eigenvalue weighted by Crippen LogP contribution is 2.33. The molecule has 0 amide bonds. The molecule has 0 saturated heterocycles. The molecule has 23 heavy (non-hydrogen) atoms. The molecule has 1 saturated carbocycles. The van der Waals surface area contributed by atoms with Crippen LogP contribution in [0.4, 0.5) is 0 Å². The van der Waals surface area contributed by atoms with Gasteiger partial charge in [-0.2, -0.15) is 0 Å². The van der Waals surface area contributed by atoms with E-state index in [-0.39, 0.29) is 30.4 Å². The molecule has 126 valence electrons. The zero-order valence-electron chi connectivity index (χ0n) is 14.2. The topological polar surface area (TPSA) is 52.6 Å². The number of hydrogen-bond donors (Lipinski definition) is 0. The van der Waals surface area contributed by atoms with Gasteiger partial charge in [-0.25, -0.2) is 0 Å². The normalized spacial score (nSPS) is 21.5. The lowest BCUT2D eigenvalue weighted by Crippen LogP contribution is -2.38. The third-order valence-electron chi connectivity index (χ3n) is 4.00. The number of carbonyl (C=O) groups is 2. The molecule has 1 aliphatic carbocycles. The summed E-state index contributed by atoms with van der Waals surface area (Å²) in [7, 11) is 0. The molecule has 4 nitrogen and oxygen atoms in total. The van der Waals surface area contributed by atoms with Crippen LogP contribution in [0.5, 0.6) is 0 Å². The van der Waals surface area contributed by atoms with E-state index in [1.165, 1.54) is 0 Å². The SMILES string of the molecule is CC(C)(C)OC(=O)C1CCCCC1C(=O)OCc1ccccc1. The summed E-state index contributed by atoms with van der Waals surface area (Å²) in [6.45, 7) is 5.78. The van der Waals surface area contributed by atoms with Gasteiger partial charge in [0.25, 0.3) is 0 Å². The molecule has 1 aromatic rings. The maximum absolute atomic E-state index is 12.4. The van der Waals surface area contributed by atoms with Crippen molar-refractivity contribution < 1.29 is 19.1 Å². The van der Waals surface area contributed by atoms with Crippen LogP contribution in [0, 0.1) is 11.8 Å². The summed E-state index contributed by atoms with van der Waals surface area (Å²) in [5.74, 6) is -1.34. The van der Waals surface area contributed by atoms with Crippen LogP contribution in [0.15, 0.2) is 30.3 Å². The van der Waals surface area contributed by atoms with E-state index in [0.717, 1.165) is 18.4 Å². The van der Waals surface area contributed by atoms with E-state index < -0.39 is 5.60 Å². The van der Waals surface area contributed by atoms with Crippen molar-refractivity contribution in [1.29, 1.82) is 0 Å². The van der Waals surface area contributed by atoms with Crippen molar-refractivity contribution in [2.75, 3.05) is 0 Å². The van der Waals surface area contributed by atoms with Crippen molar-refractivity contribution in [2.45, 2.75) is 58.7 Å². The Balaban J connectivity index is 1.97. The molecule has 2 rings (SSSR count). The molecule has 1 aromatic carbocycles. The molecule has 2 atom stereocenters. The predicted molar refractivity (Wildman–Crippen MR) is 87.5 cm³/mol. The monoisotopic (exact) mass is 318 g/mol. The van der Waals surface area contributed by atoms with E-state index in [0.29, 0.717) is 12.8 Å². The Hall–Kier alpha value is -1.84. The highest BCUT2D eigenvalue weighted by atomic mass is 16.6. The number of rotatable bonds is 4. The largest absolute Gasteiger partial charge is 0.461 e. The molecular formula is C19H26O4. The standard InChI is InChI=1S/C19H26O4/c1-19(2,3)23-18(21)16-12-8-7-11-15(16)17(20)22-13-14-9-5-4-6-10-14/h4-6,9-10,15-16H,7-8,11-13H2,1-3H3. The van der Waals surface area contributed by atoms with Crippen LogP contribution < -0.4 is 0 Å². The first-order valence-electron chi connectivity index (χ1n) is 8.30. The van der Waals surface area contributed by atoms with Crippen LogP contribution in [-0.2, 0) is 25.7 Å². The van der Waals surface area contributed by atoms with Gasteiger partial charge < -0.3 is 9.47 Å². The third-order valence-corrected chi connectivity index (χ3v) is 4.00. The average Bonchev–Trinajstić information content (AvgIpc) is 2.52. The van der Waals surface area contributed by atoms with Gasteiger partial charge in [-0.15, -0.1) is 0 Å². The van der Waals surface area contributed by atoms with E-state index >= 15 is 0 Å². The quantitative estimate of drug-likeness (QED) is 0.791. The predicted octanol–water partition coefficient (Wildman–Crippen LogP) is 3.88. The van der Waals surface area contributed by atoms with Gasteiger partial charge in [-0.1, -0.05) is 43.2 Å². The van der Waals surface area contributed by atoms with Crippen LogP contribution in [-0.4, -0.2) is 17.5 Å². The van der Waals surface area contributed by atoms with Crippen molar-refractivity contribution in [3.05, 3.63) is 35.9 Å². The molecule has 2 unspecified atom stereocenters. The molecule has 1 aliphatic rings. The minimum Gasteiger partial charge on any atom is -0.461 e. The Morgan fingerprint density at radius 2 is 1.57 bits per heavy atom. The number of ether oxygens (including phenoxy) is 2. The first-order chi connectivity index (χ1) is 10.9. The summed E-state index contributed by atoms with van der Waals surface area (Å²) < 4.78 is 10.9. The molecule has 0 N–H and O–H groups in total. The van der Waals surface area contributed by atoms with E-state index in [9.17, 15) is 9.59 Å². The fraction of sp³-hybridized carbons (Fsp3) is 0.579. The first-order valence-corrected chi connectivity index (χ1v) is 8.30. The molecule has 0 heterocycles. The van der Waals surface area contributed by atoms with E-state index in [1.807, 2.05) is 51.1 Å². The van der Waals surface area contributed by atoms with Gasteiger partial charge in [0.15, 0.2) is 0 Å². The molecule has 0 aliphatic heterocycles. The Morgan fingerprint density at radius 3 is 2.13 bits per heavy atom.